The molecule has 0 aliphatic heterocycles. The van der Waals surface area contributed by atoms with E-state index in [0.717, 1.165) is 12.6 Å². The Morgan fingerprint density at radius 3 is 2.26 bits per heavy atom. The SMILES string of the molecule is CCC(C)Oc1ccccc1Nc1nc(Nc2ccc(OC(C)(C)C)cc2)ncc1C(F)(F)F. The van der Waals surface area contributed by atoms with Gasteiger partial charge in [0.05, 0.1) is 11.8 Å². The van der Waals surface area contributed by atoms with Crippen LogP contribution in [0.1, 0.15) is 46.6 Å². The van der Waals surface area contributed by atoms with Gasteiger partial charge in [0.25, 0.3) is 0 Å². The lowest BCUT2D eigenvalue weighted by molar-refractivity contribution is -0.137. The number of benzene rings is 2. The van der Waals surface area contributed by atoms with E-state index in [1.807, 2.05) is 34.6 Å². The molecule has 0 spiro atoms. The molecular weight excluding hydrogens is 445 g/mol. The fourth-order valence-corrected chi connectivity index (χ4v) is 2.93. The molecular formula is C25H29F3N4O2. The summed E-state index contributed by atoms with van der Waals surface area (Å²) in [4.78, 5) is 7.98. The van der Waals surface area contributed by atoms with Gasteiger partial charge >= 0.3 is 6.18 Å². The van der Waals surface area contributed by atoms with Gasteiger partial charge in [0.15, 0.2) is 0 Å². The van der Waals surface area contributed by atoms with Gasteiger partial charge in [0.2, 0.25) is 5.95 Å². The molecule has 0 saturated carbocycles. The first kappa shape index (κ1) is 25.1. The van der Waals surface area contributed by atoms with E-state index >= 15 is 0 Å². The van der Waals surface area contributed by atoms with E-state index in [2.05, 4.69) is 20.6 Å². The summed E-state index contributed by atoms with van der Waals surface area (Å²) in [6.07, 6.45) is -3.23. The molecule has 0 amide bonds. The van der Waals surface area contributed by atoms with E-state index in [1.165, 1.54) is 0 Å². The average Bonchev–Trinajstić information content (AvgIpc) is 2.75. The molecule has 34 heavy (non-hydrogen) atoms. The Bertz CT molecular complexity index is 1100. The summed E-state index contributed by atoms with van der Waals surface area (Å²) < 4.78 is 52.6. The van der Waals surface area contributed by atoms with Crippen LogP contribution in [0.4, 0.5) is 36.3 Å². The minimum atomic E-state index is -4.64. The van der Waals surface area contributed by atoms with Gasteiger partial charge in [-0.2, -0.15) is 18.2 Å². The normalized spacial score (nSPS) is 12.7. The van der Waals surface area contributed by atoms with Gasteiger partial charge in [-0.15, -0.1) is 0 Å². The third-order valence-electron chi connectivity index (χ3n) is 4.67. The fourth-order valence-electron chi connectivity index (χ4n) is 2.93. The number of hydrogen-bond acceptors (Lipinski definition) is 6. The number of nitrogens with zero attached hydrogens (tertiary/aromatic N) is 2. The summed E-state index contributed by atoms with van der Waals surface area (Å²) in [5.74, 6) is 0.748. The zero-order valence-electron chi connectivity index (χ0n) is 19.8. The third-order valence-corrected chi connectivity index (χ3v) is 4.67. The van der Waals surface area contributed by atoms with Crippen molar-refractivity contribution in [3.63, 3.8) is 0 Å². The van der Waals surface area contributed by atoms with Crippen LogP contribution in [0.25, 0.3) is 0 Å². The summed E-state index contributed by atoms with van der Waals surface area (Å²) in [6.45, 7) is 9.68. The number of hydrogen-bond donors (Lipinski definition) is 2. The van der Waals surface area contributed by atoms with Crippen molar-refractivity contribution in [1.29, 1.82) is 0 Å². The smallest absolute Gasteiger partial charge is 0.421 e. The molecule has 1 aromatic heterocycles. The van der Waals surface area contributed by atoms with Gasteiger partial charge in [-0.05, 0) is 70.5 Å². The number of rotatable bonds is 8. The molecule has 2 aromatic carbocycles. The molecule has 0 saturated heterocycles. The fraction of sp³-hybridized carbons (Fsp3) is 0.360. The Morgan fingerprint density at radius 1 is 0.971 bits per heavy atom. The van der Waals surface area contributed by atoms with Crippen molar-refractivity contribution >= 4 is 23.1 Å². The van der Waals surface area contributed by atoms with Crippen molar-refractivity contribution in [2.24, 2.45) is 0 Å². The van der Waals surface area contributed by atoms with Crippen LogP contribution in [0.3, 0.4) is 0 Å². The van der Waals surface area contributed by atoms with Gasteiger partial charge in [0, 0.05) is 11.9 Å². The first-order valence-electron chi connectivity index (χ1n) is 11.0. The summed E-state index contributed by atoms with van der Waals surface area (Å²) >= 11 is 0. The van der Waals surface area contributed by atoms with Crippen molar-refractivity contribution in [1.82, 2.24) is 9.97 Å². The van der Waals surface area contributed by atoms with Gasteiger partial charge in [-0.1, -0.05) is 19.1 Å². The summed E-state index contributed by atoms with van der Waals surface area (Å²) in [7, 11) is 0. The van der Waals surface area contributed by atoms with Gasteiger partial charge in [0.1, 0.15) is 28.5 Å². The second-order valence-corrected chi connectivity index (χ2v) is 8.78. The Kier molecular flexibility index (Phi) is 7.54. The predicted octanol–water partition coefficient (Wildman–Crippen LogP) is 7.34. The number of anilines is 4. The number of ether oxygens (including phenoxy) is 2. The minimum Gasteiger partial charge on any atom is -0.489 e. The maximum Gasteiger partial charge on any atom is 0.421 e. The van der Waals surface area contributed by atoms with Gasteiger partial charge in [-0.3, -0.25) is 0 Å². The maximum atomic E-state index is 13.7. The van der Waals surface area contributed by atoms with E-state index in [1.54, 1.807) is 48.5 Å². The average molecular weight is 475 g/mol. The van der Waals surface area contributed by atoms with E-state index in [9.17, 15) is 13.2 Å². The predicted molar refractivity (Wildman–Crippen MR) is 127 cm³/mol. The largest absolute Gasteiger partial charge is 0.489 e. The first-order valence-corrected chi connectivity index (χ1v) is 11.0. The molecule has 9 heteroatoms. The Morgan fingerprint density at radius 2 is 1.65 bits per heavy atom. The van der Waals surface area contributed by atoms with Crippen molar-refractivity contribution in [2.45, 2.75) is 58.9 Å². The molecule has 3 rings (SSSR count). The molecule has 1 unspecified atom stereocenters. The lowest BCUT2D eigenvalue weighted by atomic mass is 10.2. The zero-order valence-corrected chi connectivity index (χ0v) is 19.8. The molecule has 2 N–H and O–H groups in total. The van der Waals surface area contributed by atoms with Crippen LogP contribution in [0.2, 0.25) is 0 Å². The van der Waals surface area contributed by atoms with Crippen LogP contribution in [-0.2, 0) is 6.18 Å². The van der Waals surface area contributed by atoms with Crippen molar-refractivity contribution < 1.29 is 22.6 Å². The monoisotopic (exact) mass is 474 g/mol. The highest BCUT2D eigenvalue weighted by Crippen LogP contribution is 2.37. The molecule has 0 bridgehead atoms. The number of alkyl halides is 3. The van der Waals surface area contributed by atoms with Crippen LogP contribution in [-0.4, -0.2) is 21.7 Å². The standard InChI is InChI=1S/C25H29F3N4O2/c1-6-16(2)33-21-10-8-7-9-20(21)31-22-19(25(26,27)28)15-29-23(32-22)30-17-11-13-18(14-12-17)34-24(3,4)5/h7-16H,6H2,1-5H3,(H2,29,30,31,32). The van der Waals surface area contributed by atoms with Crippen molar-refractivity contribution in [3.8, 4) is 11.5 Å². The molecule has 0 fully saturated rings. The summed E-state index contributed by atoms with van der Waals surface area (Å²) in [6, 6.07) is 13.8. The second-order valence-electron chi connectivity index (χ2n) is 8.78. The highest BCUT2D eigenvalue weighted by molar-refractivity contribution is 5.67. The van der Waals surface area contributed by atoms with E-state index < -0.39 is 11.7 Å². The number of aromatic nitrogens is 2. The summed E-state index contributed by atoms with van der Waals surface area (Å²) in [5.41, 5.74) is -0.347. The highest BCUT2D eigenvalue weighted by atomic mass is 19.4. The van der Waals surface area contributed by atoms with Crippen molar-refractivity contribution in [2.75, 3.05) is 10.6 Å². The van der Waals surface area contributed by atoms with E-state index in [4.69, 9.17) is 9.47 Å². The Labute approximate surface area is 197 Å². The van der Waals surface area contributed by atoms with Crippen LogP contribution in [0, 0.1) is 0 Å². The number of para-hydroxylation sites is 2. The minimum absolute atomic E-state index is 0.0142. The molecule has 1 heterocycles. The second kappa shape index (κ2) is 10.2. The highest BCUT2D eigenvalue weighted by Gasteiger charge is 2.35. The van der Waals surface area contributed by atoms with Crippen LogP contribution in [0.15, 0.2) is 54.7 Å². The molecule has 3 aromatic rings. The number of nitrogens with one attached hydrogen (secondary N) is 2. The van der Waals surface area contributed by atoms with E-state index in [-0.39, 0.29) is 23.5 Å². The lowest BCUT2D eigenvalue weighted by Gasteiger charge is -2.21. The maximum absolute atomic E-state index is 13.7. The Hall–Kier alpha value is -3.49. The van der Waals surface area contributed by atoms with Crippen molar-refractivity contribution in [3.05, 3.63) is 60.3 Å². The van der Waals surface area contributed by atoms with E-state index in [0.29, 0.717) is 22.9 Å². The zero-order chi connectivity index (χ0) is 24.9. The van der Waals surface area contributed by atoms with Gasteiger partial charge < -0.3 is 20.1 Å². The molecule has 1 atom stereocenters. The van der Waals surface area contributed by atoms with Crippen LogP contribution < -0.4 is 20.1 Å². The van der Waals surface area contributed by atoms with Crippen LogP contribution in [0.5, 0.6) is 11.5 Å². The Balaban J connectivity index is 1.88. The quantitative estimate of drug-likeness (QED) is 0.356. The van der Waals surface area contributed by atoms with Gasteiger partial charge in [-0.25, -0.2) is 4.98 Å². The lowest BCUT2D eigenvalue weighted by Crippen LogP contribution is -2.22. The topological polar surface area (TPSA) is 68.3 Å². The molecule has 6 nitrogen and oxygen atoms in total. The number of halogens is 3. The molecule has 0 radical (unpaired) electrons. The molecule has 0 aliphatic rings. The molecule has 182 valence electrons. The first-order chi connectivity index (χ1) is 15.9. The summed E-state index contributed by atoms with van der Waals surface area (Å²) in [5, 5.41) is 5.72. The third kappa shape index (κ3) is 7.00. The molecule has 0 aliphatic carbocycles. The van der Waals surface area contributed by atoms with Crippen LogP contribution >= 0.6 is 0 Å².